The number of anilines is 1. The van der Waals surface area contributed by atoms with Crippen molar-refractivity contribution in [2.45, 2.75) is 6.04 Å². The van der Waals surface area contributed by atoms with Crippen molar-refractivity contribution in [3.63, 3.8) is 0 Å². The number of nitriles is 1. The second-order valence-electron chi connectivity index (χ2n) is 4.83. The zero-order chi connectivity index (χ0) is 15.2. The number of primary amides is 1. The minimum Gasteiger partial charge on any atom is -0.368 e. The van der Waals surface area contributed by atoms with Crippen molar-refractivity contribution in [1.29, 1.82) is 5.26 Å². The number of benzene rings is 1. The van der Waals surface area contributed by atoms with E-state index in [1.807, 2.05) is 6.07 Å². The van der Waals surface area contributed by atoms with Crippen LogP contribution in [0.25, 0.3) is 0 Å². The lowest BCUT2D eigenvalue weighted by Gasteiger charge is -2.33. The first-order valence-electron chi connectivity index (χ1n) is 6.64. The van der Waals surface area contributed by atoms with E-state index < -0.39 is 11.9 Å². The molecule has 0 aliphatic carbocycles. The van der Waals surface area contributed by atoms with Gasteiger partial charge in [-0.25, -0.2) is 0 Å². The molecule has 1 aromatic carbocycles. The lowest BCUT2D eigenvalue weighted by atomic mass is 10.1. The number of rotatable bonds is 4. The van der Waals surface area contributed by atoms with Gasteiger partial charge in [0.05, 0.1) is 18.2 Å². The molecule has 1 aliphatic heterocycles. The summed E-state index contributed by atoms with van der Waals surface area (Å²) in [6, 6.07) is 8.21. The van der Waals surface area contributed by atoms with E-state index in [1.54, 1.807) is 29.2 Å². The first kappa shape index (κ1) is 15.0. The van der Waals surface area contributed by atoms with Gasteiger partial charge in [0.2, 0.25) is 11.8 Å². The van der Waals surface area contributed by atoms with Gasteiger partial charge in [-0.1, -0.05) is 6.07 Å². The van der Waals surface area contributed by atoms with Crippen LogP contribution in [0.2, 0.25) is 0 Å². The molecule has 1 aromatic rings. The summed E-state index contributed by atoms with van der Waals surface area (Å²) in [6.45, 7) is 1.83. The Balaban J connectivity index is 1.97. The van der Waals surface area contributed by atoms with Gasteiger partial charge in [-0.05, 0) is 18.2 Å². The minimum atomic E-state index is -0.477. The van der Waals surface area contributed by atoms with Crippen LogP contribution in [0.4, 0.5) is 5.69 Å². The molecule has 0 aromatic heterocycles. The van der Waals surface area contributed by atoms with Crippen LogP contribution in [0.15, 0.2) is 24.3 Å². The summed E-state index contributed by atoms with van der Waals surface area (Å²) >= 11 is 0. The molecule has 0 saturated carbocycles. The molecule has 2 rings (SSSR count). The van der Waals surface area contributed by atoms with Crippen LogP contribution >= 0.6 is 0 Å². The van der Waals surface area contributed by atoms with Crippen LogP contribution in [0, 0.1) is 11.3 Å². The number of carbonyl (C=O) groups excluding carboxylic acids is 2. The first-order valence-corrected chi connectivity index (χ1v) is 6.64. The average molecular weight is 287 g/mol. The van der Waals surface area contributed by atoms with Crippen molar-refractivity contribution in [2.24, 2.45) is 5.73 Å². The quantitative estimate of drug-likeness (QED) is 0.675. The summed E-state index contributed by atoms with van der Waals surface area (Å²) in [5, 5.41) is 14.6. The Kier molecular flexibility index (Phi) is 4.87. The van der Waals surface area contributed by atoms with E-state index >= 15 is 0 Å². The Bertz CT molecular complexity index is 581. The van der Waals surface area contributed by atoms with Crippen molar-refractivity contribution >= 4 is 17.5 Å². The van der Waals surface area contributed by atoms with Crippen molar-refractivity contribution < 1.29 is 9.59 Å². The van der Waals surface area contributed by atoms with Crippen LogP contribution < -0.4 is 16.4 Å². The van der Waals surface area contributed by atoms with Gasteiger partial charge in [-0.2, -0.15) is 5.26 Å². The number of hydrogen-bond acceptors (Lipinski definition) is 5. The third-order valence-electron chi connectivity index (χ3n) is 3.30. The van der Waals surface area contributed by atoms with Gasteiger partial charge >= 0.3 is 0 Å². The molecule has 21 heavy (non-hydrogen) atoms. The van der Waals surface area contributed by atoms with Gasteiger partial charge in [0.1, 0.15) is 6.04 Å². The average Bonchev–Trinajstić information content (AvgIpc) is 2.47. The van der Waals surface area contributed by atoms with Gasteiger partial charge in [0.25, 0.3) is 0 Å². The Hall–Kier alpha value is -2.43. The number of piperazine rings is 1. The molecule has 7 nitrogen and oxygen atoms in total. The zero-order valence-electron chi connectivity index (χ0n) is 11.5. The number of hydrogen-bond donors (Lipinski definition) is 3. The maximum Gasteiger partial charge on any atom is 0.238 e. The molecule has 4 N–H and O–H groups in total. The number of amides is 2. The Labute approximate surface area is 122 Å². The summed E-state index contributed by atoms with van der Waals surface area (Å²) in [7, 11) is 0. The second kappa shape index (κ2) is 6.83. The third kappa shape index (κ3) is 4.02. The van der Waals surface area contributed by atoms with Crippen molar-refractivity contribution in [3.8, 4) is 6.07 Å². The molecule has 7 heteroatoms. The SMILES string of the molecule is N#Cc1cccc(NC(=O)CN2CCNCC2C(N)=O)c1. The van der Waals surface area contributed by atoms with E-state index in [0.717, 1.165) is 0 Å². The molecule has 1 heterocycles. The molecule has 1 saturated heterocycles. The molecular formula is C14H17N5O2. The molecule has 1 fully saturated rings. The van der Waals surface area contributed by atoms with Crippen LogP contribution in [-0.2, 0) is 9.59 Å². The second-order valence-corrected chi connectivity index (χ2v) is 4.83. The monoisotopic (exact) mass is 287 g/mol. The van der Waals surface area contributed by atoms with Crippen molar-refractivity contribution in [1.82, 2.24) is 10.2 Å². The maximum atomic E-state index is 12.0. The lowest BCUT2D eigenvalue weighted by Crippen LogP contribution is -2.58. The fourth-order valence-corrected chi connectivity index (χ4v) is 2.27. The molecule has 1 atom stereocenters. The molecule has 1 aliphatic rings. The van der Waals surface area contributed by atoms with Crippen molar-refractivity contribution in [2.75, 3.05) is 31.5 Å². The van der Waals surface area contributed by atoms with Gasteiger partial charge in [-0.3, -0.25) is 14.5 Å². The van der Waals surface area contributed by atoms with E-state index in [0.29, 0.717) is 30.9 Å². The predicted molar refractivity (Wildman–Crippen MR) is 77.2 cm³/mol. The van der Waals surface area contributed by atoms with E-state index in [4.69, 9.17) is 11.0 Å². The largest absolute Gasteiger partial charge is 0.368 e. The number of nitrogens with two attached hydrogens (primary N) is 1. The van der Waals surface area contributed by atoms with Gasteiger partial charge in [0.15, 0.2) is 0 Å². The Morgan fingerprint density at radius 2 is 2.33 bits per heavy atom. The molecule has 110 valence electrons. The van der Waals surface area contributed by atoms with E-state index in [1.165, 1.54) is 0 Å². The summed E-state index contributed by atoms with van der Waals surface area (Å²) < 4.78 is 0. The fraction of sp³-hybridized carbons (Fsp3) is 0.357. The molecule has 0 spiro atoms. The molecule has 1 unspecified atom stereocenters. The first-order chi connectivity index (χ1) is 10.1. The molecule has 0 bridgehead atoms. The van der Waals surface area contributed by atoms with Crippen LogP contribution in [0.5, 0.6) is 0 Å². The van der Waals surface area contributed by atoms with E-state index in [2.05, 4.69) is 10.6 Å². The highest BCUT2D eigenvalue weighted by molar-refractivity contribution is 5.93. The smallest absolute Gasteiger partial charge is 0.238 e. The van der Waals surface area contributed by atoms with Gasteiger partial charge in [-0.15, -0.1) is 0 Å². The summed E-state index contributed by atoms with van der Waals surface area (Å²) in [6.07, 6.45) is 0. The highest BCUT2D eigenvalue weighted by Gasteiger charge is 2.28. The van der Waals surface area contributed by atoms with Gasteiger partial charge < -0.3 is 16.4 Å². The topological polar surface area (TPSA) is 111 Å². The number of nitrogens with zero attached hydrogens (tertiary/aromatic N) is 2. The lowest BCUT2D eigenvalue weighted by molar-refractivity contribution is -0.125. The van der Waals surface area contributed by atoms with Gasteiger partial charge in [0, 0.05) is 25.3 Å². The fourth-order valence-electron chi connectivity index (χ4n) is 2.27. The van der Waals surface area contributed by atoms with Crippen molar-refractivity contribution in [3.05, 3.63) is 29.8 Å². The van der Waals surface area contributed by atoms with Crippen LogP contribution in [0.1, 0.15) is 5.56 Å². The van der Waals surface area contributed by atoms with Crippen LogP contribution in [0.3, 0.4) is 0 Å². The highest BCUT2D eigenvalue weighted by atomic mass is 16.2. The normalized spacial score (nSPS) is 18.7. The predicted octanol–water partition coefficient (Wildman–Crippen LogP) is -0.744. The summed E-state index contributed by atoms with van der Waals surface area (Å²) in [4.78, 5) is 25.2. The number of nitrogens with one attached hydrogen (secondary N) is 2. The van der Waals surface area contributed by atoms with E-state index in [9.17, 15) is 9.59 Å². The molecular weight excluding hydrogens is 270 g/mol. The third-order valence-corrected chi connectivity index (χ3v) is 3.30. The maximum absolute atomic E-state index is 12.0. The summed E-state index contributed by atoms with van der Waals surface area (Å²) in [5.74, 6) is -0.681. The highest BCUT2D eigenvalue weighted by Crippen LogP contribution is 2.10. The standard InChI is InChI=1S/C14H17N5O2/c15-7-10-2-1-3-11(6-10)18-13(20)9-19-5-4-17-8-12(19)14(16)21/h1-3,6,12,17H,4-5,8-9H2,(H2,16,21)(H,18,20). The molecule has 2 amide bonds. The van der Waals surface area contributed by atoms with Crippen LogP contribution in [-0.4, -0.2) is 48.9 Å². The molecule has 0 radical (unpaired) electrons. The minimum absolute atomic E-state index is 0.0894. The summed E-state index contributed by atoms with van der Waals surface area (Å²) in [5.41, 5.74) is 6.37. The zero-order valence-corrected chi connectivity index (χ0v) is 11.5. The Morgan fingerprint density at radius 1 is 1.52 bits per heavy atom. The number of carbonyl (C=O) groups is 2. The Morgan fingerprint density at radius 3 is 3.05 bits per heavy atom. The van der Waals surface area contributed by atoms with E-state index in [-0.39, 0.29) is 12.5 Å².